The molecule has 4 N–H and O–H groups in total. The Morgan fingerprint density at radius 1 is 1.16 bits per heavy atom. The van der Waals surface area contributed by atoms with Gasteiger partial charge in [-0.15, -0.1) is 0 Å². The summed E-state index contributed by atoms with van der Waals surface area (Å²) in [6.07, 6.45) is 10.1. The Balaban J connectivity index is 1.19. The quantitative estimate of drug-likeness (QED) is 0.311. The molecular formula is C26H32ClN7O3S. The Kier molecular flexibility index (Phi) is 7.98. The van der Waals surface area contributed by atoms with Gasteiger partial charge in [-0.1, -0.05) is 36.4 Å². The van der Waals surface area contributed by atoms with Crippen molar-refractivity contribution in [1.82, 2.24) is 29.3 Å². The predicted octanol–water partition coefficient (Wildman–Crippen LogP) is 3.60. The van der Waals surface area contributed by atoms with Gasteiger partial charge < -0.3 is 15.2 Å². The molecule has 1 saturated carbocycles. The maximum absolute atomic E-state index is 12.1. The fourth-order valence-corrected chi connectivity index (χ4v) is 6.78. The van der Waals surface area contributed by atoms with Gasteiger partial charge in [0.05, 0.1) is 16.9 Å². The molecule has 2 aliphatic rings. The first-order valence-corrected chi connectivity index (χ1v) is 14.7. The number of aromatic amines is 1. The molecule has 3 aromatic rings. The van der Waals surface area contributed by atoms with Gasteiger partial charge in [0.15, 0.2) is 0 Å². The maximum Gasteiger partial charge on any atom is 0.301 e. The number of carbonyl (C=O) groups excluding carboxylic acids is 1. The number of anilines is 1. The van der Waals surface area contributed by atoms with E-state index in [0.29, 0.717) is 35.5 Å². The number of halogens is 1. The van der Waals surface area contributed by atoms with Crippen LogP contribution in [0.3, 0.4) is 0 Å². The molecule has 0 spiro atoms. The highest BCUT2D eigenvalue weighted by Crippen LogP contribution is 2.33. The molecule has 5 rings (SSSR count). The van der Waals surface area contributed by atoms with Crippen LogP contribution in [-0.2, 0) is 15.0 Å². The third-order valence-electron chi connectivity index (χ3n) is 7.36. The number of amides is 1. The second-order valence-electron chi connectivity index (χ2n) is 9.90. The van der Waals surface area contributed by atoms with Crippen molar-refractivity contribution >= 4 is 44.6 Å². The van der Waals surface area contributed by atoms with E-state index in [9.17, 15) is 13.2 Å². The van der Waals surface area contributed by atoms with Gasteiger partial charge in [-0.2, -0.15) is 13.1 Å². The molecule has 2 fully saturated rings. The Morgan fingerprint density at radius 2 is 1.95 bits per heavy atom. The Hall–Kier alpha value is -2.99. The lowest BCUT2D eigenvalue weighted by Crippen LogP contribution is -2.52. The van der Waals surface area contributed by atoms with Crippen LogP contribution in [0.5, 0.6) is 0 Å². The number of fused-ring (bicyclic) bond motifs is 1. The summed E-state index contributed by atoms with van der Waals surface area (Å²) in [4.78, 5) is 26.3. The number of H-pyrrole nitrogens is 1. The molecule has 3 heterocycles. The smallest absolute Gasteiger partial charge is 0.301 e. The lowest BCUT2D eigenvalue weighted by molar-refractivity contribution is -0.114. The summed E-state index contributed by atoms with van der Waals surface area (Å²) < 4.78 is 28.8. The first-order chi connectivity index (χ1) is 18.3. The van der Waals surface area contributed by atoms with E-state index in [1.54, 1.807) is 6.20 Å². The van der Waals surface area contributed by atoms with Gasteiger partial charge in [-0.05, 0) is 63.8 Å². The number of hydrogen-bond acceptors (Lipinski definition) is 7. The number of carbonyl (C=O) groups is 1. The number of piperidine rings is 1. The van der Waals surface area contributed by atoms with Crippen LogP contribution in [0.15, 0.2) is 49.3 Å². The third kappa shape index (κ3) is 6.17. The van der Waals surface area contributed by atoms with Crippen LogP contribution in [0.1, 0.15) is 38.5 Å². The minimum Gasteiger partial charge on any atom is -0.360 e. The molecule has 202 valence electrons. The van der Waals surface area contributed by atoms with E-state index in [0.717, 1.165) is 61.3 Å². The number of benzene rings is 1. The molecule has 10 nitrogen and oxygen atoms in total. The average molecular weight is 558 g/mol. The number of nitrogens with zero attached hydrogens (tertiary/aromatic N) is 3. The highest BCUT2D eigenvalue weighted by molar-refractivity contribution is 7.88. The van der Waals surface area contributed by atoms with Gasteiger partial charge in [0, 0.05) is 40.8 Å². The molecular weight excluding hydrogens is 526 g/mol. The second-order valence-corrected chi connectivity index (χ2v) is 11.8. The molecule has 0 radical (unpaired) electrons. The van der Waals surface area contributed by atoms with E-state index in [1.807, 2.05) is 35.2 Å². The fraction of sp³-hybridized carbons (Fsp3) is 0.423. The first kappa shape index (κ1) is 26.6. The number of hydrogen-bond donors (Lipinski definition) is 4. The van der Waals surface area contributed by atoms with Crippen molar-refractivity contribution < 1.29 is 13.2 Å². The summed E-state index contributed by atoms with van der Waals surface area (Å²) in [5.41, 5.74) is 2.67. The van der Waals surface area contributed by atoms with Crippen molar-refractivity contribution in [2.45, 2.75) is 56.7 Å². The van der Waals surface area contributed by atoms with Crippen molar-refractivity contribution in [2.24, 2.45) is 0 Å². The molecule has 1 aromatic carbocycles. The fourth-order valence-electron chi connectivity index (χ4n) is 5.51. The van der Waals surface area contributed by atoms with Crippen molar-refractivity contribution in [2.75, 3.05) is 18.4 Å². The molecule has 38 heavy (non-hydrogen) atoms. The predicted molar refractivity (Wildman–Crippen MR) is 149 cm³/mol. The lowest BCUT2D eigenvalue weighted by Gasteiger charge is -2.41. The first-order valence-electron chi connectivity index (χ1n) is 12.9. The number of para-hydroxylation sites is 1. The van der Waals surface area contributed by atoms with E-state index in [-0.39, 0.29) is 12.1 Å². The minimum absolute atomic E-state index is 0.204. The molecule has 0 unspecified atom stereocenters. The summed E-state index contributed by atoms with van der Waals surface area (Å²) in [6, 6.07) is 8.48. The Labute approximate surface area is 227 Å². The number of likely N-dealkylation sites (tertiary alicyclic amines) is 1. The highest BCUT2D eigenvalue weighted by atomic mass is 35.5. The van der Waals surface area contributed by atoms with Gasteiger partial charge >= 0.3 is 10.2 Å². The minimum atomic E-state index is -3.89. The summed E-state index contributed by atoms with van der Waals surface area (Å²) >= 11 is 6.50. The van der Waals surface area contributed by atoms with Gasteiger partial charge in [0.2, 0.25) is 5.95 Å². The zero-order valence-electron chi connectivity index (χ0n) is 21.0. The molecule has 1 amide bonds. The maximum atomic E-state index is 12.1. The molecule has 1 saturated heterocycles. The van der Waals surface area contributed by atoms with Crippen LogP contribution < -0.4 is 14.8 Å². The van der Waals surface area contributed by atoms with E-state index in [2.05, 4.69) is 31.5 Å². The van der Waals surface area contributed by atoms with E-state index >= 15 is 0 Å². The van der Waals surface area contributed by atoms with Gasteiger partial charge in [-0.25, -0.2) is 14.7 Å². The normalized spacial score (nSPS) is 21.3. The van der Waals surface area contributed by atoms with E-state index in [4.69, 9.17) is 16.6 Å². The molecule has 12 heteroatoms. The molecule has 1 aliphatic heterocycles. The second kappa shape index (κ2) is 11.4. The van der Waals surface area contributed by atoms with Crippen LogP contribution in [-0.4, -0.2) is 65.4 Å². The van der Waals surface area contributed by atoms with Crippen LogP contribution in [0, 0.1) is 0 Å². The number of aromatic nitrogens is 3. The zero-order chi connectivity index (χ0) is 26.7. The summed E-state index contributed by atoms with van der Waals surface area (Å²) in [6.45, 7) is 4.87. The third-order valence-corrected chi connectivity index (χ3v) is 8.75. The van der Waals surface area contributed by atoms with Gasteiger partial charge in [-0.3, -0.25) is 4.79 Å². The molecule has 1 aliphatic carbocycles. The summed E-state index contributed by atoms with van der Waals surface area (Å²) in [7, 11) is -3.89. The van der Waals surface area contributed by atoms with Crippen molar-refractivity contribution in [1.29, 1.82) is 0 Å². The Morgan fingerprint density at radius 3 is 2.74 bits per heavy atom. The van der Waals surface area contributed by atoms with Gasteiger partial charge in [0.1, 0.15) is 0 Å². The van der Waals surface area contributed by atoms with E-state index < -0.39 is 16.1 Å². The Bertz CT molecular complexity index is 1420. The average Bonchev–Trinajstić information content (AvgIpc) is 3.34. The molecule has 2 atom stereocenters. The summed E-state index contributed by atoms with van der Waals surface area (Å²) in [5, 5.41) is 5.10. The van der Waals surface area contributed by atoms with E-state index in [1.165, 1.54) is 0 Å². The number of nitrogens with one attached hydrogen (secondary N) is 4. The van der Waals surface area contributed by atoms with Crippen LogP contribution in [0.4, 0.5) is 5.95 Å². The largest absolute Gasteiger partial charge is 0.360 e. The lowest BCUT2D eigenvalue weighted by atomic mass is 9.88. The highest BCUT2D eigenvalue weighted by Gasteiger charge is 2.31. The van der Waals surface area contributed by atoms with Crippen LogP contribution in [0.2, 0.25) is 5.02 Å². The standard InChI is InChI=1S/C26H32ClN7O3S/c1-2-24(35)33-38(36,37)32-17-10-12-34(13-11-17)19-7-5-6-18(14-19)30-26-29-16-22(27)25(31-26)21-15-28-23-9-4-3-8-20(21)23/h2-4,8-9,15-19,28,32H,1,5-7,10-14H2,(H,33,35)(H,29,30,31)/t18-,19+/m1/s1. The summed E-state index contributed by atoms with van der Waals surface area (Å²) in [5.74, 6) is -0.177. The zero-order valence-corrected chi connectivity index (χ0v) is 22.6. The van der Waals surface area contributed by atoms with Crippen LogP contribution >= 0.6 is 11.6 Å². The molecule has 2 aromatic heterocycles. The van der Waals surface area contributed by atoms with Crippen molar-refractivity contribution in [3.8, 4) is 11.3 Å². The van der Waals surface area contributed by atoms with Crippen molar-refractivity contribution in [3.63, 3.8) is 0 Å². The SMILES string of the molecule is C=CC(=O)NS(=O)(=O)NC1CCN([C@H]2CCC[C@@H](Nc3ncc(Cl)c(-c4c[nH]c5ccccc45)n3)C2)CC1. The molecule has 0 bridgehead atoms. The topological polar surface area (TPSA) is 132 Å². The van der Waals surface area contributed by atoms with Gasteiger partial charge in [0.25, 0.3) is 5.91 Å². The monoisotopic (exact) mass is 557 g/mol. The number of rotatable bonds is 8. The van der Waals surface area contributed by atoms with Crippen LogP contribution in [0.25, 0.3) is 22.2 Å². The van der Waals surface area contributed by atoms with Crippen molar-refractivity contribution in [3.05, 3.63) is 54.3 Å².